The number of nitro benzene ring substituents is 1. The lowest BCUT2D eigenvalue weighted by Crippen LogP contribution is -2.16. The van der Waals surface area contributed by atoms with E-state index in [1.807, 2.05) is 6.07 Å². The van der Waals surface area contributed by atoms with Gasteiger partial charge in [-0.1, -0.05) is 24.9 Å². The second kappa shape index (κ2) is 7.97. The Labute approximate surface area is 160 Å². The number of non-ortho nitro benzene ring substituents is 1. The molecule has 1 aromatic heterocycles. The van der Waals surface area contributed by atoms with Crippen LogP contribution in [0.25, 0.3) is 0 Å². The maximum Gasteiger partial charge on any atom is 0.281 e. The number of hydrogen-bond donors (Lipinski definition) is 1. The van der Waals surface area contributed by atoms with E-state index in [4.69, 9.17) is 11.6 Å². The summed E-state index contributed by atoms with van der Waals surface area (Å²) in [5, 5.41) is 15.0. The van der Waals surface area contributed by atoms with Crippen LogP contribution in [-0.2, 0) is 12.8 Å². The number of benzene rings is 1. The standard InChI is InChI=1S/C18H18ClN3O3S/c1-2-11-3-6-16-12(7-11)9-17(26-16)18(23)21-20-10-13-8-14(22(24)25)4-5-15(13)19/h4-5,8-11H,2-3,6-7H2,1H3,(H,21,23)/b20-10+. The highest BCUT2D eigenvalue weighted by molar-refractivity contribution is 7.14. The van der Waals surface area contributed by atoms with Crippen molar-refractivity contribution in [3.8, 4) is 0 Å². The summed E-state index contributed by atoms with van der Waals surface area (Å²) in [5.41, 5.74) is 4.03. The van der Waals surface area contributed by atoms with E-state index in [9.17, 15) is 14.9 Å². The maximum atomic E-state index is 12.3. The van der Waals surface area contributed by atoms with Gasteiger partial charge in [-0.25, -0.2) is 5.43 Å². The molecule has 0 aliphatic heterocycles. The quantitative estimate of drug-likeness (QED) is 0.459. The number of nitro groups is 1. The highest BCUT2D eigenvalue weighted by Crippen LogP contribution is 2.33. The first-order chi connectivity index (χ1) is 12.5. The first-order valence-electron chi connectivity index (χ1n) is 8.36. The van der Waals surface area contributed by atoms with E-state index in [-0.39, 0.29) is 11.6 Å². The predicted molar refractivity (Wildman–Crippen MR) is 103 cm³/mol. The second-order valence-corrected chi connectivity index (χ2v) is 7.78. The van der Waals surface area contributed by atoms with Crippen LogP contribution in [0.4, 0.5) is 5.69 Å². The lowest BCUT2D eigenvalue weighted by molar-refractivity contribution is -0.384. The van der Waals surface area contributed by atoms with Crippen LogP contribution in [0, 0.1) is 16.0 Å². The zero-order valence-electron chi connectivity index (χ0n) is 14.2. The van der Waals surface area contributed by atoms with Crippen LogP contribution in [0.3, 0.4) is 0 Å². The molecule has 1 heterocycles. The summed E-state index contributed by atoms with van der Waals surface area (Å²) in [7, 11) is 0. The molecular formula is C18H18ClN3O3S. The van der Waals surface area contributed by atoms with Gasteiger partial charge in [0.15, 0.2) is 0 Å². The van der Waals surface area contributed by atoms with Gasteiger partial charge in [0.05, 0.1) is 16.0 Å². The monoisotopic (exact) mass is 391 g/mol. The van der Waals surface area contributed by atoms with Crippen molar-refractivity contribution in [1.82, 2.24) is 5.43 Å². The van der Waals surface area contributed by atoms with Crippen LogP contribution in [0.2, 0.25) is 5.02 Å². The molecule has 1 aliphatic carbocycles. The molecular weight excluding hydrogens is 374 g/mol. The SMILES string of the molecule is CCC1CCc2sc(C(=O)N/N=C/c3cc([N+](=O)[O-])ccc3Cl)cc2C1. The Morgan fingerprint density at radius 3 is 3.04 bits per heavy atom. The maximum absolute atomic E-state index is 12.3. The molecule has 3 rings (SSSR count). The van der Waals surface area contributed by atoms with Crippen molar-refractivity contribution in [1.29, 1.82) is 0 Å². The number of carbonyl (C=O) groups excluding carboxylic acids is 1. The number of thiophene rings is 1. The molecule has 0 bridgehead atoms. The van der Waals surface area contributed by atoms with Crippen molar-refractivity contribution in [3.63, 3.8) is 0 Å². The Morgan fingerprint density at radius 1 is 1.50 bits per heavy atom. The number of fused-ring (bicyclic) bond motifs is 1. The first kappa shape index (κ1) is 18.5. The number of rotatable bonds is 5. The minimum Gasteiger partial charge on any atom is -0.266 e. The lowest BCUT2D eigenvalue weighted by atomic mass is 9.87. The summed E-state index contributed by atoms with van der Waals surface area (Å²) < 4.78 is 0. The van der Waals surface area contributed by atoms with Gasteiger partial charge < -0.3 is 0 Å². The fourth-order valence-electron chi connectivity index (χ4n) is 3.02. The van der Waals surface area contributed by atoms with Gasteiger partial charge in [-0.05, 0) is 42.9 Å². The molecule has 2 aromatic rings. The Balaban J connectivity index is 1.68. The van der Waals surface area contributed by atoms with Gasteiger partial charge in [-0.2, -0.15) is 5.10 Å². The third-order valence-corrected chi connectivity index (χ3v) is 6.13. The number of amides is 1. The highest BCUT2D eigenvalue weighted by atomic mass is 35.5. The molecule has 1 N–H and O–H groups in total. The average Bonchev–Trinajstić information content (AvgIpc) is 3.06. The zero-order chi connectivity index (χ0) is 18.7. The van der Waals surface area contributed by atoms with Crippen molar-refractivity contribution in [2.45, 2.75) is 32.6 Å². The summed E-state index contributed by atoms with van der Waals surface area (Å²) in [5.74, 6) is 0.414. The van der Waals surface area contributed by atoms with Gasteiger partial charge >= 0.3 is 0 Å². The molecule has 1 aliphatic rings. The van der Waals surface area contributed by atoms with Crippen LogP contribution in [0.15, 0.2) is 29.4 Å². The number of nitrogens with one attached hydrogen (secondary N) is 1. The summed E-state index contributed by atoms with van der Waals surface area (Å²) in [6.45, 7) is 2.20. The van der Waals surface area contributed by atoms with E-state index in [1.165, 1.54) is 52.6 Å². The van der Waals surface area contributed by atoms with Crippen molar-refractivity contribution in [2.75, 3.05) is 0 Å². The van der Waals surface area contributed by atoms with Gasteiger partial charge in [0.25, 0.3) is 11.6 Å². The molecule has 1 atom stereocenters. The molecule has 1 aromatic carbocycles. The molecule has 1 unspecified atom stereocenters. The third-order valence-electron chi connectivity index (χ3n) is 4.55. The predicted octanol–water partition coefficient (Wildman–Crippen LogP) is 4.59. The summed E-state index contributed by atoms with van der Waals surface area (Å²) in [6, 6.07) is 6.01. The smallest absolute Gasteiger partial charge is 0.266 e. The molecule has 8 heteroatoms. The summed E-state index contributed by atoms with van der Waals surface area (Å²) >= 11 is 7.52. The fourth-order valence-corrected chi connectivity index (χ4v) is 4.28. The fraction of sp³-hybridized carbons (Fsp3) is 0.333. The number of nitrogens with zero attached hydrogens (tertiary/aromatic N) is 2. The number of hydrogen-bond acceptors (Lipinski definition) is 5. The Bertz CT molecular complexity index is 879. The summed E-state index contributed by atoms with van der Waals surface area (Å²) in [6.07, 6.45) is 5.70. The first-order valence-corrected chi connectivity index (χ1v) is 9.56. The van der Waals surface area contributed by atoms with Crippen molar-refractivity contribution in [2.24, 2.45) is 11.0 Å². The van der Waals surface area contributed by atoms with Gasteiger partial charge in [-0.15, -0.1) is 11.3 Å². The van der Waals surface area contributed by atoms with Crippen LogP contribution < -0.4 is 5.43 Å². The molecule has 1 amide bonds. The average molecular weight is 392 g/mol. The van der Waals surface area contributed by atoms with Crippen LogP contribution in [0.1, 0.15) is 45.4 Å². The minimum absolute atomic E-state index is 0.0846. The number of hydrazone groups is 1. The van der Waals surface area contributed by atoms with Crippen molar-refractivity contribution in [3.05, 3.63) is 60.3 Å². The Kier molecular flexibility index (Phi) is 5.68. The van der Waals surface area contributed by atoms with Gasteiger partial charge in [-0.3, -0.25) is 14.9 Å². The van der Waals surface area contributed by atoms with Gasteiger partial charge in [0.2, 0.25) is 0 Å². The minimum atomic E-state index is -0.508. The Morgan fingerprint density at radius 2 is 2.31 bits per heavy atom. The highest BCUT2D eigenvalue weighted by Gasteiger charge is 2.21. The largest absolute Gasteiger partial charge is 0.281 e. The van der Waals surface area contributed by atoms with Gasteiger partial charge in [0.1, 0.15) is 0 Å². The molecule has 6 nitrogen and oxygen atoms in total. The number of halogens is 1. The van der Waals surface area contributed by atoms with E-state index < -0.39 is 4.92 Å². The topological polar surface area (TPSA) is 84.6 Å². The number of carbonyl (C=O) groups is 1. The molecule has 0 radical (unpaired) electrons. The molecule has 0 saturated heterocycles. The van der Waals surface area contributed by atoms with E-state index >= 15 is 0 Å². The molecule has 26 heavy (non-hydrogen) atoms. The second-order valence-electron chi connectivity index (χ2n) is 6.24. The van der Waals surface area contributed by atoms with E-state index in [0.717, 1.165) is 19.3 Å². The van der Waals surface area contributed by atoms with E-state index in [2.05, 4.69) is 17.5 Å². The Hall–Kier alpha value is -2.25. The zero-order valence-corrected chi connectivity index (χ0v) is 15.8. The van der Waals surface area contributed by atoms with E-state index in [0.29, 0.717) is 21.4 Å². The normalized spacial score (nSPS) is 16.5. The third kappa shape index (κ3) is 4.11. The summed E-state index contributed by atoms with van der Waals surface area (Å²) in [4.78, 5) is 24.5. The molecule has 0 saturated carbocycles. The molecule has 136 valence electrons. The molecule has 0 fully saturated rings. The van der Waals surface area contributed by atoms with E-state index in [1.54, 1.807) is 0 Å². The van der Waals surface area contributed by atoms with Crippen LogP contribution in [0.5, 0.6) is 0 Å². The van der Waals surface area contributed by atoms with Crippen molar-refractivity contribution >= 4 is 40.7 Å². The molecule has 0 spiro atoms. The number of aryl methyl sites for hydroxylation is 1. The lowest BCUT2D eigenvalue weighted by Gasteiger charge is -2.19. The van der Waals surface area contributed by atoms with Gasteiger partial charge in [0, 0.05) is 27.6 Å². The van der Waals surface area contributed by atoms with Crippen LogP contribution in [-0.4, -0.2) is 17.0 Å². The van der Waals surface area contributed by atoms with Crippen molar-refractivity contribution < 1.29 is 9.72 Å². The van der Waals surface area contributed by atoms with Crippen LogP contribution >= 0.6 is 22.9 Å².